The second-order valence-corrected chi connectivity index (χ2v) is 6.20. The fourth-order valence-electron chi connectivity index (χ4n) is 3.42. The minimum absolute atomic E-state index is 0.154. The lowest BCUT2D eigenvalue weighted by Crippen LogP contribution is -2.23. The zero-order valence-corrected chi connectivity index (χ0v) is 14.4. The molecule has 0 spiro atoms. The van der Waals surface area contributed by atoms with Gasteiger partial charge in [-0.15, -0.1) is 0 Å². The highest BCUT2D eigenvalue weighted by Gasteiger charge is 2.25. The van der Waals surface area contributed by atoms with E-state index in [0.29, 0.717) is 12.2 Å². The molecule has 2 N–H and O–H groups in total. The van der Waals surface area contributed by atoms with Crippen LogP contribution in [0.3, 0.4) is 0 Å². The molecule has 0 saturated heterocycles. The number of aromatic nitrogens is 3. The van der Waals surface area contributed by atoms with Crippen LogP contribution >= 0.6 is 0 Å². The van der Waals surface area contributed by atoms with E-state index in [1.165, 1.54) is 6.20 Å². The van der Waals surface area contributed by atoms with Gasteiger partial charge >= 0.3 is 0 Å². The molecule has 26 heavy (non-hydrogen) atoms. The lowest BCUT2D eigenvalue weighted by atomic mass is 9.99. The molecular weight excluding hydrogens is 328 g/mol. The molecule has 0 atom stereocenters. The number of benzene rings is 1. The maximum atomic E-state index is 12.4. The van der Waals surface area contributed by atoms with Crippen molar-refractivity contribution in [3.05, 3.63) is 54.0 Å². The number of hydrogen-bond acceptors (Lipinski definition) is 5. The van der Waals surface area contributed by atoms with Crippen molar-refractivity contribution < 1.29 is 8.91 Å². The number of para-hydroxylation sites is 1. The molecule has 0 bridgehead atoms. The summed E-state index contributed by atoms with van der Waals surface area (Å²) >= 11 is 0. The van der Waals surface area contributed by atoms with Gasteiger partial charge in [0.1, 0.15) is 0 Å². The van der Waals surface area contributed by atoms with E-state index >= 15 is 0 Å². The van der Waals surface area contributed by atoms with Gasteiger partial charge in [-0.3, -0.25) is 14.5 Å². The maximum Gasteiger partial charge on any atom is 0.254 e. The van der Waals surface area contributed by atoms with Gasteiger partial charge in [-0.1, -0.05) is 12.1 Å². The van der Waals surface area contributed by atoms with Crippen LogP contribution in [0, 0.1) is 0 Å². The van der Waals surface area contributed by atoms with Crippen molar-refractivity contribution in [1.82, 2.24) is 20.1 Å². The number of carbonyl (C=O) groups excluding carboxylic acids is 1. The topological polar surface area (TPSA) is 75.1 Å². The lowest BCUT2D eigenvalue weighted by Gasteiger charge is -2.30. The molecule has 0 saturated carbocycles. The average molecular weight is 351 g/mol. The van der Waals surface area contributed by atoms with Gasteiger partial charge in [-0.25, -0.2) is 0 Å². The predicted octanol–water partition coefficient (Wildman–Crippen LogP) is 2.54. The monoisotopic (exact) mass is 351 g/mol. The van der Waals surface area contributed by atoms with E-state index < -0.39 is 12.9 Å². The highest BCUT2D eigenvalue weighted by molar-refractivity contribution is 6.01. The number of fused-ring (bicyclic) bond motifs is 3. The molecule has 3 aromatic rings. The second-order valence-electron chi connectivity index (χ2n) is 6.20. The quantitative estimate of drug-likeness (QED) is 0.758. The van der Waals surface area contributed by atoms with E-state index in [4.69, 9.17) is 4.11 Å². The Balaban J connectivity index is 1.75. The highest BCUT2D eigenvalue weighted by atomic mass is 16.1. The van der Waals surface area contributed by atoms with Crippen molar-refractivity contribution in [2.75, 3.05) is 24.2 Å². The largest absolute Gasteiger partial charge is 0.368 e. The van der Waals surface area contributed by atoms with Gasteiger partial charge < -0.3 is 15.5 Å². The number of rotatable bonds is 3. The van der Waals surface area contributed by atoms with Crippen molar-refractivity contribution in [3.8, 4) is 11.3 Å². The Bertz CT molecular complexity index is 1090. The Labute approximate surface area is 155 Å². The molecule has 1 amide bonds. The van der Waals surface area contributed by atoms with Gasteiger partial charge in [0, 0.05) is 55.2 Å². The van der Waals surface area contributed by atoms with Crippen LogP contribution in [-0.4, -0.2) is 34.7 Å². The molecule has 1 aromatic carbocycles. The minimum atomic E-state index is -2.58. The van der Waals surface area contributed by atoms with Crippen LogP contribution in [0.25, 0.3) is 11.3 Å². The van der Waals surface area contributed by atoms with Crippen LogP contribution < -0.4 is 15.5 Å². The number of amides is 1. The average Bonchev–Trinajstić information content (AvgIpc) is 3.01. The summed E-state index contributed by atoms with van der Waals surface area (Å²) in [6.45, 7) is -1.87. The predicted molar refractivity (Wildman–Crippen MR) is 102 cm³/mol. The summed E-state index contributed by atoms with van der Waals surface area (Å²) in [5.41, 5.74) is 5.62. The Kier molecular flexibility index (Phi) is 3.07. The first-order valence-corrected chi connectivity index (χ1v) is 8.13. The number of aryl methyl sites for hydroxylation is 1. The standard InChI is InChI=1S/C19H20N6O/c1-20-19(26)14-10-21-8-7-15(14)23-16-6-4-5-13-17-12(9-22-25(17)3)11-24(2)18(13)16/h4-10H,11H2,1-3H3,(H,20,26)(H,21,23)/i1D3. The Morgan fingerprint density at radius 3 is 2.96 bits per heavy atom. The van der Waals surface area contributed by atoms with Crippen molar-refractivity contribution in [3.63, 3.8) is 0 Å². The summed E-state index contributed by atoms with van der Waals surface area (Å²) in [6, 6.07) is 7.53. The third kappa shape index (κ3) is 2.48. The Morgan fingerprint density at radius 1 is 1.23 bits per heavy atom. The minimum Gasteiger partial charge on any atom is -0.368 e. The van der Waals surface area contributed by atoms with E-state index in [2.05, 4.69) is 20.3 Å². The summed E-state index contributed by atoms with van der Waals surface area (Å²) < 4.78 is 23.7. The zero-order valence-electron chi connectivity index (χ0n) is 17.4. The third-order valence-corrected chi connectivity index (χ3v) is 4.54. The van der Waals surface area contributed by atoms with E-state index in [1.54, 1.807) is 12.3 Å². The Morgan fingerprint density at radius 2 is 2.12 bits per heavy atom. The van der Waals surface area contributed by atoms with Crippen LogP contribution in [0.4, 0.5) is 17.1 Å². The number of hydrogen-bond donors (Lipinski definition) is 2. The molecule has 0 radical (unpaired) electrons. The van der Waals surface area contributed by atoms with Crippen LogP contribution in [0.1, 0.15) is 20.0 Å². The van der Waals surface area contributed by atoms with Crippen LogP contribution in [0.5, 0.6) is 0 Å². The van der Waals surface area contributed by atoms with Crippen LogP contribution in [0.15, 0.2) is 42.9 Å². The van der Waals surface area contributed by atoms with E-state index in [1.807, 2.05) is 48.5 Å². The molecule has 0 aliphatic carbocycles. The first-order valence-electron chi connectivity index (χ1n) is 9.63. The lowest BCUT2D eigenvalue weighted by molar-refractivity contribution is 0.0963. The van der Waals surface area contributed by atoms with Gasteiger partial charge in [0.05, 0.1) is 34.5 Å². The molecule has 7 nitrogen and oxygen atoms in total. The highest BCUT2D eigenvalue weighted by Crippen LogP contribution is 2.43. The molecule has 2 aromatic heterocycles. The van der Waals surface area contributed by atoms with Gasteiger partial charge in [0.2, 0.25) is 0 Å². The maximum absolute atomic E-state index is 12.4. The number of carbonyl (C=O) groups is 1. The number of nitrogens with zero attached hydrogens (tertiary/aromatic N) is 4. The SMILES string of the molecule is [2H]C([2H])([2H])NC(=O)c1cnccc1Nc1cccc2c1N(C)Cc1cnn(C)c1-2. The third-order valence-electron chi connectivity index (χ3n) is 4.54. The molecule has 0 unspecified atom stereocenters. The molecule has 4 rings (SSSR count). The number of nitrogens with one attached hydrogen (secondary N) is 2. The van der Waals surface area contributed by atoms with E-state index in [-0.39, 0.29) is 5.56 Å². The first-order chi connectivity index (χ1) is 13.7. The molecule has 132 valence electrons. The molecular formula is C19H20N6O. The summed E-state index contributed by atoms with van der Waals surface area (Å²) in [5, 5.41) is 9.66. The summed E-state index contributed by atoms with van der Waals surface area (Å²) in [6.07, 6.45) is 4.77. The smallest absolute Gasteiger partial charge is 0.254 e. The zero-order chi connectivity index (χ0) is 20.8. The first kappa shape index (κ1) is 12.9. The summed E-state index contributed by atoms with van der Waals surface area (Å²) in [5.74, 6) is -0.715. The van der Waals surface area contributed by atoms with Crippen LogP contribution in [0.2, 0.25) is 0 Å². The molecule has 1 aliphatic rings. The summed E-state index contributed by atoms with van der Waals surface area (Å²) in [4.78, 5) is 18.5. The van der Waals surface area contributed by atoms with Crippen molar-refractivity contribution in [2.24, 2.45) is 7.05 Å². The molecule has 0 fully saturated rings. The molecule has 1 aliphatic heterocycles. The fraction of sp³-hybridized carbons (Fsp3) is 0.211. The number of anilines is 3. The number of pyridine rings is 1. The van der Waals surface area contributed by atoms with Crippen LogP contribution in [-0.2, 0) is 13.6 Å². The molecule has 3 heterocycles. The molecule has 7 heteroatoms. The Hall–Kier alpha value is -3.35. The fourth-order valence-corrected chi connectivity index (χ4v) is 3.42. The van der Waals surface area contributed by atoms with Crippen molar-refractivity contribution in [2.45, 2.75) is 6.54 Å². The van der Waals surface area contributed by atoms with Crippen molar-refractivity contribution in [1.29, 1.82) is 0 Å². The van der Waals surface area contributed by atoms with Gasteiger partial charge in [-0.05, 0) is 12.1 Å². The normalized spacial score (nSPS) is 14.5. The van der Waals surface area contributed by atoms with Gasteiger partial charge in [0.15, 0.2) is 0 Å². The van der Waals surface area contributed by atoms with E-state index in [9.17, 15) is 4.79 Å². The second kappa shape index (κ2) is 6.18. The van der Waals surface area contributed by atoms with Crippen molar-refractivity contribution >= 4 is 23.0 Å². The van der Waals surface area contributed by atoms with E-state index in [0.717, 1.165) is 28.2 Å². The van der Waals surface area contributed by atoms with Gasteiger partial charge in [-0.2, -0.15) is 5.10 Å². The van der Waals surface area contributed by atoms with Gasteiger partial charge in [0.25, 0.3) is 5.91 Å². The summed E-state index contributed by atoms with van der Waals surface area (Å²) in [7, 11) is 3.91.